The van der Waals surface area contributed by atoms with Crippen molar-refractivity contribution < 1.29 is 23.8 Å². The highest BCUT2D eigenvalue weighted by Gasteiger charge is 2.41. The van der Waals surface area contributed by atoms with Crippen molar-refractivity contribution in [1.82, 2.24) is 0 Å². The van der Waals surface area contributed by atoms with Gasteiger partial charge < -0.3 is 19.5 Å². The first-order chi connectivity index (χ1) is 16.0. The highest BCUT2D eigenvalue weighted by Crippen LogP contribution is 2.38. The lowest BCUT2D eigenvalue weighted by Gasteiger charge is -2.16. The number of carbonyl (C=O) groups is 2. The van der Waals surface area contributed by atoms with Crippen molar-refractivity contribution >= 4 is 40.4 Å². The normalized spacial score (nSPS) is 13.4. The Morgan fingerprint density at radius 2 is 1.42 bits per heavy atom. The molecular formula is C25H21ClN2O5. The number of benzene rings is 3. The molecule has 0 spiro atoms. The van der Waals surface area contributed by atoms with Gasteiger partial charge in [-0.1, -0.05) is 29.8 Å². The average molecular weight is 465 g/mol. The fourth-order valence-electron chi connectivity index (χ4n) is 3.63. The summed E-state index contributed by atoms with van der Waals surface area (Å²) in [6, 6.07) is 18.7. The van der Waals surface area contributed by atoms with Gasteiger partial charge in [0.25, 0.3) is 11.8 Å². The largest absolute Gasteiger partial charge is 0.496 e. The summed E-state index contributed by atoms with van der Waals surface area (Å²) in [6.07, 6.45) is 0. The Kier molecular flexibility index (Phi) is 6.24. The molecule has 0 fully saturated rings. The van der Waals surface area contributed by atoms with Crippen molar-refractivity contribution in [2.75, 3.05) is 31.5 Å². The van der Waals surface area contributed by atoms with Crippen LogP contribution in [0, 0.1) is 0 Å². The number of nitrogens with zero attached hydrogens (tertiary/aromatic N) is 1. The Morgan fingerprint density at radius 3 is 2.09 bits per heavy atom. The van der Waals surface area contributed by atoms with Crippen LogP contribution >= 0.6 is 11.6 Å². The number of nitrogens with one attached hydrogen (secondary N) is 1. The van der Waals surface area contributed by atoms with E-state index < -0.39 is 11.8 Å². The number of imide groups is 1. The molecule has 0 saturated carbocycles. The summed E-state index contributed by atoms with van der Waals surface area (Å²) in [5.41, 5.74) is 1.77. The van der Waals surface area contributed by atoms with Crippen LogP contribution in [0.25, 0.3) is 5.57 Å². The van der Waals surface area contributed by atoms with E-state index in [9.17, 15) is 9.59 Å². The monoisotopic (exact) mass is 464 g/mol. The van der Waals surface area contributed by atoms with E-state index in [1.807, 2.05) is 0 Å². The van der Waals surface area contributed by atoms with Gasteiger partial charge in [0.1, 0.15) is 11.4 Å². The number of methoxy groups -OCH3 is 3. The van der Waals surface area contributed by atoms with E-state index in [0.29, 0.717) is 39.2 Å². The molecule has 3 aromatic rings. The molecule has 0 radical (unpaired) electrons. The van der Waals surface area contributed by atoms with E-state index in [-0.39, 0.29) is 11.3 Å². The minimum Gasteiger partial charge on any atom is -0.496 e. The molecular weight excluding hydrogens is 444 g/mol. The van der Waals surface area contributed by atoms with E-state index in [0.717, 1.165) is 4.90 Å². The first-order valence-corrected chi connectivity index (χ1v) is 10.4. The zero-order chi connectivity index (χ0) is 23.5. The van der Waals surface area contributed by atoms with Gasteiger partial charge in [-0.05, 0) is 42.5 Å². The molecule has 1 aliphatic heterocycles. The van der Waals surface area contributed by atoms with Crippen LogP contribution in [0.15, 0.2) is 72.4 Å². The van der Waals surface area contributed by atoms with Crippen LogP contribution in [0.1, 0.15) is 5.56 Å². The van der Waals surface area contributed by atoms with E-state index in [1.54, 1.807) is 66.7 Å². The highest BCUT2D eigenvalue weighted by atomic mass is 35.5. The molecule has 1 heterocycles. The molecule has 8 heteroatoms. The molecule has 0 aliphatic carbocycles. The molecule has 1 N–H and O–H groups in total. The predicted molar refractivity (Wildman–Crippen MR) is 127 cm³/mol. The SMILES string of the molecule is COc1ccc(NC2=C(c3ccccc3OC)C(=O)N(c3ccc(Cl)cc3)C2=O)cc1OC. The van der Waals surface area contributed by atoms with Crippen LogP contribution in [0.5, 0.6) is 17.2 Å². The summed E-state index contributed by atoms with van der Waals surface area (Å²) in [4.78, 5) is 28.2. The second-order valence-electron chi connectivity index (χ2n) is 7.07. The van der Waals surface area contributed by atoms with Crippen molar-refractivity contribution in [2.24, 2.45) is 0 Å². The van der Waals surface area contributed by atoms with Crippen LogP contribution < -0.4 is 24.4 Å². The van der Waals surface area contributed by atoms with Crippen LogP contribution in [0.3, 0.4) is 0 Å². The molecule has 0 atom stereocenters. The molecule has 2 amide bonds. The molecule has 0 bridgehead atoms. The summed E-state index contributed by atoms with van der Waals surface area (Å²) in [7, 11) is 4.57. The summed E-state index contributed by atoms with van der Waals surface area (Å²) in [5, 5.41) is 3.61. The number of amides is 2. The summed E-state index contributed by atoms with van der Waals surface area (Å²) in [6.45, 7) is 0. The Labute approximate surface area is 196 Å². The van der Waals surface area contributed by atoms with Gasteiger partial charge >= 0.3 is 0 Å². The number of rotatable bonds is 7. The van der Waals surface area contributed by atoms with Gasteiger partial charge in [-0.2, -0.15) is 0 Å². The molecule has 0 saturated heterocycles. The second-order valence-corrected chi connectivity index (χ2v) is 7.50. The van der Waals surface area contributed by atoms with Gasteiger partial charge in [-0.15, -0.1) is 0 Å². The van der Waals surface area contributed by atoms with Crippen LogP contribution in [0.4, 0.5) is 11.4 Å². The van der Waals surface area contributed by atoms with E-state index in [4.69, 9.17) is 25.8 Å². The maximum absolute atomic E-state index is 13.6. The van der Waals surface area contributed by atoms with Crippen molar-refractivity contribution in [3.63, 3.8) is 0 Å². The summed E-state index contributed by atoms with van der Waals surface area (Å²) < 4.78 is 16.1. The van der Waals surface area contributed by atoms with Crippen molar-refractivity contribution in [2.45, 2.75) is 0 Å². The zero-order valence-corrected chi connectivity index (χ0v) is 19.0. The summed E-state index contributed by atoms with van der Waals surface area (Å²) in [5.74, 6) is 0.512. The van der Waals surface area contributed by atoms with E-state index in [1.165, 1.54) is 21.3 Å². The fraction of sp³-hybridized carbons (Fsp3) is 0.120. The minimum atomic E-state index is -0.502. The number of carbonyl (C=O) groups excluding carboxylic acids is 2. The number of anilines is 2. The van der Waals surface area contributed by atoms with Gasteiger partial charge in [-0.25, -0.2) is 4.90 Å². The van der Waals surface area contributed by atoms with E-state index >= 15 is 0 Å². The zero-order valence-electron chi connectivity index (χ0n) is 18.2. The maximum atomic E-state index is 13.6. The lowest BCUT2D eigenvalue weighted by molar-refractivity contribution is -0.120. The van der Waals surface area contributed by atoms with Crippen LogP contribution in [-0.4, -0.2) is 33.1 Å². The Balaban J connectivity index is 1.84. The van der Waals surface area contributed by atoms with Crippen molar-refractivity contribution in [1.29, 1.82) is 0 Å². The number of halogens is 1. The van der Waals surface area contributed by atoms with Crippen LogP contribution in [0.2, 0.25) is 5.02 Å². The topological polar surface area (TPSA) is 77.1 Å². The molecule has 3 aromatic carbocycles. The van der Waals surface area contributed by atoms with Gasteiger partial charge in [0.2, 0.25) is 0 Å². The molecule has 0 aromatic heterocycles. The Morgan fingerprint density at radius 1 is 0.758 bits per heavy atom. The molecule has 168 valence electrons. The number of hydrogen-bond donors (Lipinski definition) is 1. The lowest BCUT2D eigenvalue weighted by Crippen LogP contribution is -2.32. The second kappa shape index (κ2) is 9.26. The number of para-hydroxylation sites is 1. The smallest absolute Gasteiger partial charge is 0.282 e. The standard InChI is InChI=1S/C25H21ClN2O5/c1-31-19-7-5-4-6-18(19)22-23(27-16-10-13-20(32-2)21(14-16)33-3)25(30)28(24(22)29)17-11-8-15(26)9-12-17/h4-14,27H,1-3H3. The predicted octanol–water partition coefficient (Wildman–Crippen LogP) is 4.76. The number of ether oxygens (including phenoxy) is 3. The van der Waals surface area contributed by atoms with Gasteiger partial charge in [0.15, 0.2) is 11.5 Å². The molecule has 7 nitrogen and oxygen atoms in total. The third-order valence-corrected chi connectivity index (χ3v) is 5.45. The van der Waals surface area contributed by atoms with Crippen molar-refractivity contribution in [3.05, 3.63) is 83.0 Å². The van der Waals surface area contributed by atoms with E-state index in [2.05, 4.69) is 5.32 Å². The maximum Gasteiger partial charge on any atom is 0.282 e. The lowest BCUT2D eigenvalue weighted by atomic mass is 10.0. The third-order valence-electron chi connectivity index (χ3n) is 5.20. The molecule has 0 unspecified atom stereocenters. The first-order valence-electron chi connectivity index (χ1n) is 9.99. The fourth-order valence-corrected chi connectivity index (χ4v) is 3.76. The quantitative estimate of drug-likeness (QED) is 0.508. The Bertz CT molecular complexity index is 1250. The molecule has 1 aliphatic rings. The van der Waals surface area contributed by atoms with Crippen molar-refractivity contribution in [3.8, 4) is 17.2 Å². The first kappa shape index (κ1) is 22.2. The van der Waals surface area contributed by atoms with Gasteiger partial charge in [0.05, 0.1) is 32.6 Å². The third kappa shape index (κ3) is 4.10. The van der Waals surface area contributed by atoms with Crippen LogP contribution in [-0.2, 0) is 9.59 Å². The summed E-state index contributed by atoms with van der Waals surface area (Å²) >= 11 is 5.99. The molecule has 4 rings (SSSR count). The van der Waals surface area contributed by atoms with Gasteiger partial charge in [0, 0.05) is 22.3 Å². The number of hydrogen-bond acceptors (Lipinski definition) is 6. The molecule has 33 heavy (non-hydrogen) atoms. The van der Waals surface area contributed by atoms with Gasteiger partial charge in [-0.3, -0.25) is 9.59 Å². The minimum absolute atomic E-state index is 0.117. The average Bonchev–Trinajstić information content (AvgIpc) is 3.08. The highest BCUT2D eigenvalue weighted by molar-refractivity contribution is 6.46. The Hall–Kier alpha value is -3.97.